The number of hydrogen-bond acceptors (Lipinski definition) is 4. The van der Waals surface area contributed by atoms with E-state index in [-0.39, 0.29) is 11.9 Å². The zero-order valence-corrected chi connectivity index (χ0v) is 16.0. The van der Waals surface area contributed by atoms with Crippen LogP contribution in [-0.2, 0) is 4.74 Å². The lowest BCUT2D eigenvalue weighted by Gasteiger charge is -2.23. The van der Waals surface area contributed by atoms with E-state index < -0.39 is 0 Å². The molecule has 0 radical (unpaired) electrons. The molecule has 6 heteroatoms. The van der Waals surface area contributed by atoms with E-state index in [0.717, 1.165) is 34.8 Å². The monoisotopic (exact) mass is 398 g/mol. The summed E-state index contributed by atoms with van der Waals surface area (Å²) in [6, 6.07) is 7.77. The number of carbonyl (C=O) groups excluding carboxylic acids is 1. The summed E-state index contributed by atoms with van der Waals surface area (Å²) in [7, 11) is 0. The molecule has 0 saturated carbocycles. The van der Waals surface area contributed by atoms with Crippen molar-refractivity contribution in [2.75, 3.05) is 25.5 Å². The van der Waals surface area contributed by atoms with Crippen molar-refractivity contribution in [2.45, 2.75) is 32.7 Å². The van der Waals surface area contributed by atoms with Gasteiger partial charge in [-0.15, -0.1) is 0 Å². The first-order chi connectivity index (χ1) is 11.2. The number of benzene rings is 1. The summed E-state index contributed by atoms with van der Waals surface area (Å²) >= 11 is 5.15. The summed E-state index contributed by atoms with van der Waals surface area (Å²) in [5.74, 6) is 0.939. The first kappa shape index (κ1) is 18.5. The van der Waals surface area contributed by atoms with Crippen LogP contribution in [0.5, 0.6) is 0 Å². The van der Waals surface area contributed by atoms with Crippen LogP contribution < -0.4 is 0 Å². The Labute approximate surface area is 150 Å². The molecule has 0 spiro atoms. The number of rotatable bonds is 7. The number of nitrogens with zero attached hydrogens (tertiary/aromatic N) is 2. The van der Waals surface area contributed by atoms with Gasteiger partial charge in [0.15, 0.2) is 5.17 Å². The fourth-order valence-corrected chi connectivity index (χ4v) is 4.13. The van der Waals surface area contributed by atoms with E-state index in [0.29, 0.717) is 18.7 Å². The minimum atomic E-state index is 0.0258. The molecule has 4 nitrogen and oxygen atoms in total. The van der Waals surface area contributed by atoms with Gasteiger partial charge in [0, 0.05) is 36.0 Å². The van der Waals surface area contributed by atoms with Crippen molar-refractivity contribution in [1.82, 2.24) is 4.90 Å². The maximum Gasteiger partial charge on any atom is 0.261 e. The Morgan fingerprint density at radius 2 is 2.22 bits per heavy atom. The third-order valence-electron chi connectivity index (χ3n) is 3.67. The predicted octanol–water partition coefficient (Wildman–Crippen LogP) is 4.20. The van der Waals surface area contributed by atoms with E-state index in [2.05, 4.69) is 27.8 Å². The fraction of sp³-hybridized carbons (Fsp3) is 0.529. The van der Waals surface area contributed by atoms with Crippen LogP contribution in [0.3, 0.4) is 0 Å². The second kappa shape index (κ2) is 9.45. The van der Waals surface area contributed by atoms with Gasteiger partial charge in [0.2, 0.25) is 0 Å². The highest BCUT2D eigenvalue weighted by Gasteiger charge is 2.34. The van der Waals surface area contributed by atoms with Crippen LogP contribution in [0.4, 0.5) is 0 Å². The number of thioether (sulfide) groups is 1. The van der Waals surface area contributed by atoms with E-state index in [1.807, 2.05) is 36.1 Å². The van der Waals surface area contributed by atoms with Gasteiger partial charge >= 0.3 is 0 Å². The topological polar surface area (TPSA) is 41.9 Å². The third kappa shape index (κ3) is 4.81. The molecular formula is C17H23BrN2O2S. The van der Waals surface area contributed by atoms with Gasteiger partial charge in [0.1, 0.15) is 0 Å². The van der Waals surface area contributed by atoms with Crippen LogP contribution in [0.15, 0.2) is 33.7 Å². The van der Waals surface area contributed by atoms with Gasteiger partial charge in [-0.05, 0) is 47.8 Å². The molecule has 0 bridgehead atoms. The average molecular weight is 399 g/mol. The van der Waals surface area contributed by atoms with Gasteiger partial charge in [-0.3, -0.25) is 14.7 Å². The van der Waals surface area contributed by atoms with Crippen LogP contribution in [-0.4, -0.2) is 47.5 Å². The zero-order valence-electron chi connectivity index (χ0n) is 13.6. The van der Waals surface area contributed by atoms with E-state index in [4.69, 9.17) is 4.74 Å². The van der Waals surface area contributed by atoms with Crippen LogP contribution in [0.25, 0.3) is 0 Å². The molecule has 1 heterocycles. The van der Waals surface area contributed by atoms with Crippen molar-refractivity contribution in [1.29, 1.82) is 0 Å². The van der Waals surface area contributed by atoms with Gasteiger partial charge in [-0.1, -0.05) is 30.8 Å². The van der Waals surface area contributed by atoms with Crippen molar-refractivity contribution < 1.29 is 9.53 Å². The molecule has 0 aliphatic carbocycles. The van der Waals surface area contributed by atoms with E-state index in [1.165, 1.54) is 0 Å². The maximum atomic E-state index is 13.0. The van der Waals surface area contributed by atoms with Crippen molar-refractivity contribution >= 4 is 38.8 Å². The number of hydrogen-bond donors (Lipinski definition) is 0. The molecule has 0 aromatic heterocycles. The van der Waals surface area contributed by atoms with Gasteiger partial charge in [-0.25, -0.2) is 0 Å². The number of amides is 1. The normalized spacial score (nSPS) is 19.5. The molecule has 1 aliphatic rings. The Hall–Kier alpha value is -0.850. The molecule has 126 valence electrons. The van der Waals surface area contributed by atoms with E-state index in [9.17, 15) is 4.79 Å². The van der Waals surface area contributed by atoms with Crippen LogP contribution in [0.2, 0.25) is 0 Å². The largest absolute Gasteiger partial charge is 0.382 e. The molecule has 1 aliphatic heterocycles. The predicted molar refractivity (Wildman–Crippen MR) is 100 cm³/mol. The van der Waals surface area contributed by atoms with Crippen LogP contribution >= 0.6 is 27.7 Å². The fourth-order valence-electron chi connectivity index (χ4n) is 2.40. The second-order valence-corrected chi connectivity index (χ2v) is 7.08. The molecular weight excluding hydrogens is 376 g/mol. The Balaban J connectivity index is 2.12. The van der Waals surface area contributed by atoms with E-state index in [1.54, 1.807) is 11.8 Å². The summed E-state index contributed by atoms with van der Waals surface area (Å²) in [4.78, 5) is 19.5. The lowest BCUT2D eigenvalue weighted by atomic mass is 10.1. The molecule has 1 fully saturated rings. The van der Waals surface area contributed by atoms with Gasteiger partial charge in [0.05, 0.1) is 5.56 Å². The molecule has 23 heavy (non-hydrogen) atoms. The number of halogens is 1. The lowest BCUT2D eigenvalue weighted by Crippen LogP contribution is -2.39. The Kier molecular flexibility index (Phi) is 7.59. The Morgan fingerprint density at radius 1 is 1.43 bits per heavy atom. The maximum absolute atomic E-state index is 13.0. The quantitative estimate of drug-likeness (QED) is 0.646. The molecule has 0 N–H and O–H groups in total. The van der Waals surface area contributed by atoms with Crippen molar-refractivity contribution in [3.8, 4) is 0 Å². The van der Waals surface area contributed by atoms with Gasteiger partial charge < -0.3 is 4.74 Å². The molecule has 2 rings (SSSR count). The highest BCUT2D eigenvalue weighted by molar-refractivity contribution is 9.10. The van der Waals surface area contributed by atoms with Crippen molar-refractivity contribution in [3.05, 3.63) is 34.3 Å². The van der Waals surface area contributed by atoms with Crippen molar-refractivity contribution in [2.24, 2.45) is 4.99 Å². The first-order valence-electron chi connectivity index (χ1n) is 8.02. The van der Waals surface area contributed by atoms with Gasteiger partial charge in [-0.2, -0.15) is 0 Å². The third-order valence-corrected chi connectivity index (χ3v) is 5.50. The molecule has 1 amide bonds. The zero-order chi connectivity index (χ0) is 16.7. The van der Waals surface area contributed by atoms with Crippen LogP contribution in [0.1, 0.15) is 37.0 Å². The minimum absolute atomic E-state index is 0.0258. The Bertz CT molecular complexity index is 565. The Morgan fingerprint density at radius 3 is 2.91 bits per heavy atom. The number of aliphatic imine (C=N–C) groups is 1. The molecule has 1 saturated heterocycles. The van der Waals surface area contributed by atoms with Gasteiger partial charge in [0.25, 0.3) is 5.91 Å². The summed E-state index contributed by atoms with van der Waals surface area (Å²) in [6.07, 6.45) is 1.81. The molecule has 1 aromatic rings. The number of amidine groups is 1. The molecule has 0 unspecified atom stereocenters. The summed E-state index contributed by atoms with van der Waals surface area (Å²) in [5.41, 5.74) is 0.690. The molecule has 1 aromatic carbocycles. The number of ether oxygens (including phenoxy) is 1. The number of carbonyl (C=O) groups is 1. The average Bonchev–Trinajstić information content (AvgIpc) is 2.97. The summed E-state index contributed by atoms with van der Waals surface area (Å²) < 4.78 is 6.16. The highest BCUT2D eigenvalue weighted by atomic mass is 79.9. The minimum Gasteiger partial charge on any atom is -0.382 e. The summed E-state index contributed by atoms with van der Waals surface area (Å²) in [6.45, 7) is 6.24. The summed E-state index contributed by atoms with van der Waals surface area (Å²) in [5, 5.41) is 0.842. The smallest absolute Gasteiger partial charge is 0.261 e. The first-order valence-corrected chi connectivity index (χ1v) is 9.80. The standard InChI is InChI=1S/C17H23BrN2O2S/c1-3-13-12-23-17(19-10-7-11-22-4-2)20(13)16(21)14-8-5-6-9-15(14)18/h5-6,8-9,13H,3-4,7,10-12H2,1-2H3/t13-/m0/s1. The van der Waals surface area contributed by atoms with E-state index >= 15 is 0 Å². The molecule has 1 atom stereocenters. The SMILES string of the molecule is CCOCCCN=C1SC[C@H](CC)N1C(=O)c1ccccc1Br. The highest BCUT2D eigenvalue weighted by Crippen LogP contribution is 2.29. The second-order valence-electron chi connectivity index (χ2n) is 5.24. The van der Waals surface area contributed by atoms with Crippen LogP contribution in [0, 0.1) is 0 Å². The van der Waals surface area contributed by atoms with Crippen molar-refractivity contribution in [3.63, 3.8) is 0 Å². The lowest BCUT2D eigenvalue weighted by molar-refractivity contribution is 0.0818.